The van der Waals surface area contributed by atoms with Crippen LogP contribution in [0.4, 0.5) is 5.69 Å². The van der Waals surface area contributed by atoms with Crippen molar-refractivity contribution >= 4 is 15.5 Å². The van der Waals surface area contributed by atoms with E-state index in [-0.39, 0.29) is 29.3 Å². The van der Waals surface area contributed by atoms with Crippen molar-refractivity contribution in [3.05, 3.63) is 16.0 Å². The van der Waals surface area contributed by atoms with Gasteiger partial charge in [-0.15, -0.1) is 0 Å². The first-order valence-corrected chi connectivity index (χ1v) is 7.40. The summed E-state index contributed by atoms with van der Waals surface area (Å²) in [5, 5.41) is 0. The van der Waals surface area contributed by atoms with E-state index in [2.05, 4.69) is 0 Å². The zero-order valence-corrected chi connectivity index (χ0v) is 11.2. The van der Waals surface area contributed by atoms with Crippen LogP contribution in [0.3, 0.4) is 0 Å². The molecule has 0 aliphatic heterocycles. The first-order chi connectivity index (χ1) is 7.84. The van der Waals surface area contributed by atoms with Crippen molar-refractivity contribution in [3.8, 4) is 0 Å². The molecule has 6 nitrogen and oxygen atoms in total. The molecule has 0 aliphatic rings. The van der Waals surface area contributed by atoms with Crippen LogP contribution in [-0.2, 0) is 29.9 Å². The summed E-state index contributed by atoms with van der Waals surface area (Å²) >= 11 is 0. The van der Waals surface area contributed by atoms with Crippen molar-refractivity contribution in [2.24, 2.45) is 7.05 Å². The van der Waals surface area contributed by atoms with Crippen LogP contribution in [0, 0.1) is 0 Å². The third-order valence-electron chi connectivity index (χ3n) is 2.92. The van der Waals surface area contributed by atoms with Gasteiger partial charge in [-0.2, -0.15) is 0 Å². The standard InChI is InChI=1S/C10H19N3O3S/c1-4-8-9(11)10(14)13(12(8)3)6-7-17(15,16)5-2/h4-7,11H2,1-3H3. The number of hydrogen-bond acceptors (Lipinski definition) is 4. The Bertz CT molecular complexity index is 554. The molecule has 7 heteroatoms. The van der Waals surface area contributed by atoms with Gasteiger partial charge >= 0.3 is 0 Å². The Labute approximate surface area is 101 Å². The second-order valence-electron chi connectivity index (χ2n) is 3.90. The van der Waals surface area contributed by atoms with E-state index >= 15 is 0 Å². The fourth-order valence-corrected chi connectivity index (χ4v) is 2.50. The molecule has 17 heavy (non-hydrogen) atoms. The zero-order valence-electron chi connectivity index (χ0n) is 10.4. The van der Waals surface area contributed by atoms with Gasteiger partial charge in [0.1, 0.15) is 5.69 Å². The molecule has 1 heterocycles. The normalized spacial score (nSPS) is 11.9. The molecule has 0 saturated heterocycles. The number of rotatable bonds is 5. The highest BCUT2D eigenvalue weighted by Crippen LogP contribution is 2.07. The molecule has 0 spiro atoms. The maximum Gasteiger partial charge on any atom is 0.290 e. The summed E-state index contributed by atoms with van der Waals surface area (Å²) in [6.45, 7) is 3.64. The summed E-state index contributed by atoms with van der Waals surface area (Å²) in [6, 6.07) is 0. The maximum atomic E-state index is 11.8. The van der Waals surface area contributed by atoms with Crippen molar-refractivity contribution in [1.29, 1.82) is 0 Å². The van der Waals surface area contributed by atoms with Crippen molar-refractivity contribution in [2.75, 3.05) is 17.2 Å². The summed E-state index contributed by atoms with van der Waals surface area (Å²) in [6.07, 6.45) is 0.644. The maximum absolute atomic E-state index is 11.8. The third-order valence-corrected chi connectivity index (χ3v) is 4.60. The smallest absolute Gasteiger partial charge is 0.290 e. The number of nitrogen functional groups attached to an aromatic ring is 1. The van der Waals surface area contributed by atoms with E-state index in [1.54, 1.807) is 18.7 Å². The molecule has 1 aromatic heterocycles. The summed E-state index contributed by atoms with van der Waals surface area (Å²) in [5.41, 5.74) is 6.33. The Balaban J connectivity index is 3.05. The lowest BCUT2D eigenvalue weighted by molar-refractivity contribution is 0.500. The average molecular weight is 261 g/mol. The van der Waals surface area contributed by atoms with E-state index in [4.69, 9.17) is 5.73 Å². The third kappa shape index (κ3) is 2.71. The number of nitrogens with zero attached hydrogens (tertiary/aromatic N) is 2. The zero-order chi connectivity index (χ0) is 13.2. The Kier molecular flexibility index (Phi) is 4.03. The van der Waals surface area contributed by atoms with E-state index in [1.807, 2.05) is 6.92 Å². The minimum absolute atomic E-state index is 0.0378. The Morgan fingerprint density at radius 3 is 2.29 bits per heavy atom. The van der Waals surface area contributed by atoms with Crippen LogP contribution >= 0.6 is 0 Å². The average Bonchev–Trinajstić information content (AvgIpc) is 2.48. The number of anilines is 1. The second kappa shape index (κ2) is 4.95. The fraction of sp³-hybridized carbons (Fsp3) is 0.700. The summed E-state index contributed by atoms with van der Waals surface area (Å²) in [4.78, 5) is 11.8. The largest absolute Gasteiger partial charge is 0.393 e. The highest BCUT2D eigenvalue weighted by atomic mass is 32.2. The summed E-state index contributed by atoms with van der Waals surface area (Å²) in [5.74, 6) is 0.0478. The van der Waals surface area contributed by atoms with Crippen LogP contribution in [0.5, 0.6) is 0 Å². The predicted octanol–water partition coefficient (Wildman–Crippen LogP) is -0.234. The predicted molar refractivity (Wildman–Crippen MR) is 67.8 cm³/mol. The molecule has 0 aromatic carbocycles. The number of nitrogens with two attached hydrogens (primary N) is 1. The number of hydrogen-bond donors (Lipinski definition) is 1. The molecule has 98 valence electrons. The molecule has 0 aliphatic carbocycles. The van der Waals surface area contributed by atoms with Gasteiger partial charge in [-0.25, -0.2) is 13.1 Å². The molecule has 0 saturated carbocycles. The van der Waals surface area contributed by atoms with Gasteiger partial charge in [0.25, 0.3) is 5.56 Å². The summed E-state index contributed by atoms with van der Waals surface area (Å²) < 4.78 is 25.8. The molecule has 1 aromatic rings. The lowest BCUT2D eigenvalue weighted by atomic mass is 10.3. The first-order valence-electron chi connectivity index (χ1n) is 5.58. The van der Waals surface area contributed by atoms with Crippen molar-refractivity contribution in [2.45, 2.75) is 26.8 Å². The SMILES string of the molecule is CCc1c(N)c(=O)n(CCS(=O)(=O)CC)n1C. The van der Waals surface area contributed by atoms with E-state index < -0.39 is 9.84 Å². The first kappa shape index (κ1) is 13.8. The van der Waals surface area contributed by atoms with Gasteiger partial charge in [0.15, 0.2) is 9.84 Å². The molecule has 0 radical (unpaired) electrons. The van der Waals surface area contributed by atoms with Crippen LogP contribution in [0.25, 0.3) is 0 Å². The van der Waals surface area contributed by atoms with E-state index in [9.17, 15) is 13.2 Å². The van der Waals surface area contributed by atoms with E-state index in [0.29, 0.717) is 6.42 Å². The van der Waals surface area contributed by atoms with E-state index in [1.165, 1.54) is 4.68 Å². The lowest BCUT2D eigenvalue weighted by Gasteiger charge is -2.08. The van der Waals surface area contributed by atoms with Crippen LogP contribution in [0.2, 0.25) is 0 Å². The van der Waals surface area contributed by atoms with Crippen molar-refractivity contribution in [3.63, 3.8) is 0 Å². The molecule has 0 amide bonds. The minimum atomic E-state index is -3.08. The van der Waals surface area contributed by atoms with Gasteiger partial charge in [0.2, 0.25) is 0 Å². The van der Waals surface area contributed by atoms with Crippen LogP contribution in [-0.4, -0.2) is 29.3 Å². The van der Waals surface area contributed by atoms with Crippen LogP contribution in [0.15, 0.2) is 4.79 Å². The molecule has 2 N–H and O–H groups in total. The van der Waals surface area contributed by atoms with Gasteiger partial charge in [0, 0.05) is 12.8 Å². The molecular weight excluding hydrogens is 242 g/mol. The number of aromatic nitrogens is 2. The quantitative estimate of drug-likeness (QED) is 0.793. The fourth-order valence-electron chi connectivity index (χ4n) is 1.76. The van der Waals surface area contributed by atoms with E-state index in [0.717, 1.165) is 5.69 Å². The van der Waals surface area contributed by atoms with Gasteiger partial charge in [-0.3, -0.25) is 9.48 Å². The highest BCUT2D eigenvalue weighted by molar-refractivity contribution is 7.91. The summed E-state index contributed by atoms with van der Waals surface area (Å²) in [7, 11) is -1.36. The number of sulfone groups is 1. The lowest BCUT2D eigenvalue weighted by Crippen LogP contribution is -2.27. The van der Waals surface area contributed by atoms with Crippen molar-refractivity contribution in [1.82, 2.24) is 9.36 Å². The molecule has 0 bridgehead atoms. The molecule has 1 rings (SSSR count). The van der Waals surface area contributed by atoms with Gasteiger partial charge in [-0.05, 0) is 6.42 Å². The van der Waals surface area contributed by atoms with Crippen molar-refractivity contribution < 1.29 is 8.42 Å². The van der Waals surface area contributed by atoms with Gasteiger partial charge in [0.05, 0.1) is 18.0 Å². The second-order valence-corrected chi connectivity index (χ2v) is 6.37. The monoisotopic (exact) mass is 261 g/mol. The van der Waals surface area contributed by atoms with Crippen LogP contribution < -0.4 is 11.3 Å². The molecular formula is C10H19N3O3S. The molecule has 0 fully saturated rings. The van der Waals surface area contributed by atoms with Crippen LogP contribution in [0.1, 0.15) is 19.5 Å². The highest BCUT2D eigenvalue weighted by Gasteiger charge is 2.15. The molecule has 0 unspecified atom stereocenters. The van der Waals surface area contributed by atoms with Gasteiger partial charge in [-0.1, -0.05) is 13.8 Å². The Hall–Kier alpha value is -1.24. The molecule has 0 atom stereocenters. The van der Waals surface area contributed by atoms with Gasteiger partial charge < -0.3 is 5.73 Å². The topological polar surface area (TPSA) is 87.1 Å². The Morgan fingerprint density at radius 2 is 1.88 bits per heavy atom. The minimum Gasteiger partial charge on any atom is -0.393 e. The Morgan fingerprint density at radius 1 is 1.29 bits per heavy atom.